The van der Waals surface area contributed by atoms with E-state index >= 15 is 0 Å². The molecule has 1 fully saturated rings. The second kappa shape index (κ2) is 7.80. The molecule has 1 aliphatic rings. The zero-order chi connectivity index (χ0) is 18.6. The molecule has 3 aromatic rings. The van der Waals surface area contributed by atoms with Gasteiger partial charge in [0, 0.05) is 49.3 Å². The number of hydrogen-bond donors (Lipinski definition) is 1. The van der Waals surface area contributed by atoms with E-state index in [0.717, 1.165) is 60.0 Å². The lowest BCUT2D eigenvalue weighted by atomic mass is 10.2. The van der Waals surface area contributed by atoms with Gasteiger partial charge < -0.3 is 15.1 Å². The minimum Gasteiger partial charge on any atom is -0.353 e. The van der Waals surface area contributed by atoms with Crippen LogP contribution in [0.25, 0.3) is 0 Å². The van der Waals surface area contributed by atoms with Gasteiger partial charge in [-0.25, -0.2) is 9.97 Å². The number of aromatic nitrogens is 3. The van der Waals surface area contributed by atoms with E-state index in [1.807, 2.05) is 55.6 Å². The summed E-state index contributed by atoms with van der Waals surface area (Å²) in [6, 6.07) is 13.8. The van der Waals surface area contributed by atoms with E-state index in [1.165, 1.54) is 0 Å². The van der Waals surface area contributed by atoms with Gasteiger partial charge in [-0.1, -0.05) is 23.7 Å². The van der Waals surface area contributed by atoms with Crippen LogP contribution >= 0.6 is 11.6 Å². The average Bonchev–Trinajstić information content (AvgIpc) is 2.72. The number of aryl methyl sites for hydroxylation is 1. The number of pyridine rings is 1. The van der Waals surface area contributed by atoms with E-state index in [4.69, 9.17) is 11.6 Å². The summed E-state index contributed by atoms with van der Waals surface area (Å²) in [5, 5.41) is 4.04. The lowest BCUT2D eigenvalue weighted by molar-refractivity contribution is 0.635. The molecule has 1 saturated heterocycles. The Morgan fingerprint density at radius 2 is 1.74 bits per heavy atom. The normalized spacial score (nSPS) is 14.3. The van der Waals surface area contributed by atoms with Crippen molar-refractivity contribution in [1.29, 1.82) is 0 Å². The van der Waals surface area contributed by atoms with Crippen LogP contribution in [0.2, 0.25) is 5.02 Å². The zero-order valence-corrected chi connectivity index (χ0v) is 15.9. The van der Waals surface area contributed by atoms with Crippen molar-refractivity contribution < 1.29 is 0 Å². The van der Waals surface area contributed by atoms with Crippen molar-refractivity contribution in [2.45, 2.75) is 6.92 Å². The van der Waals surface area contributed by atoms with E-state index in [-0.39, 0.29) is 0 Å². The minimum absolute atomic E-state index is 0.735. The Balaban J connectivity index is 1.43. The summed E-state index contributed by atoms with van der Waals surface area (Å²) < 4.78 is 0. The van der Waals surface area contributed by atoms with Gasteiger partial charge in [0.1, 0.15) is 11.6 Å². The fourth-order valence-electron chi connectivity index (χ4n) is 3.07. The Kier molecular flexibility index (Phi) is 5.07. The Hall–Kier alpha value is -2.86. The second-order valence-corrected chi connectivity index (χ2v) is 6.90. The summed E-state index contributed by atoms with van der Waals surface area (Å²) in [6.07, 6.45) is 3.61. The molecule has 6 nitrogen and oxygen atoms in total. The maximum absolute atomic E-state index is 6.21. The van der Waals surface area contributed by atoms with E-state index in [0.29, 0.717) is 0 Å². The van der Waals surface area contributed by atoms with Crippen molar-refractivity contribution in [3.05, 3.63) is 65.4 Å². The molecule has 1 N–H and O–H groups in total. The van der Waals surface area contributed by atoms with Crippen LogP contribution in [-0.2, 0) is 0 Å². The average molecular weight is 381 g/mol. The predicted molar refractivity (Wildman–Crippen MR) is 110 cm³/mol. The van der Waals surface area contributed by atoms with Crippen molar-refractivity contribution in [3.63, 3.8) is 0 Å². The fraction of sp³-hybridized carbons (Fsp3) is 0.250. The third kappa shape index (κ3) is 4.11. The van der Waals surface area contributed by atoms with Crippen LogP contribution in [-0.4, -0.2) is 41.1 Å². The van der Waals surface area contributed by atoms with Crippen LogP contribution < -0.4 is 15.1 Å². The highest BCUT2D eigenvalue weighted by Gasteiger charge is 2.20. The third-order valence-corrected chi connectivity index (χ3v) is 5.03. The molecule has 1 aliphatic heterocycles. The van der Waals surface area contributed by atoms with E-state index in [1.54, 1.807) is 6.20 Å². The van der Waals surface area contributed by atoms with Gasteiger partial charge in [-0.15, -0.1) is 0 Å². The summed E-state index contributed by atoms with van der Waals surface area (Å²) in [5.41, 5.74) is 1.96. The first-order valence-corrected chi connectivity index (χ1v) is 9.34. The molecule has 0 amide bonds. The molecule has 0 spiro atoms. The van der Waals surface area contributed by atoms with E-state index in [2.05, 4.69) is 30.1 Å². The molecule has 4 rings (SSSR count). The summed E-state index contributed by atoms with van der Waals surface area (Å²) in [6.45, 7) is 5.49. The van der Waals surface area contributed by atoms with Crippen molar-refractivity contribution >= 4 is 34.9 Å². The number of nitrogens with one attached hydrogen (secondary N) is 1. The van der Waals surface area contributed by atoms with Crippen molar-refractivity contribution in [2.75, 3.05) is 41.3 Å². The number of piperazine rings is 1. The molecule has 138 valence electrons. The topological polar surface area (TPSA) is 57.2 Å². The second-order valence-electron chi connectivity index (χ2n) is 6.49. The lowest BCUT2D eigenvalue weighted by Gasteiger charge is -2.35. The largest absolute Gasteiger partial charge is 0.353 e. The van der Waals surface area contributed by atoms with Gasteiger partial charge in [0.2, 0.25) is 5.95 Å². The van der Waals surface area contributed by atoms with Crippen molar-refractivity contribution in [1.82, 2.24) is 15.0 Å². The summed E-state index contributed by atoms with van der Waals surface area (Å²) in [5.74, 6) is 2.51. The molecule has 0 radical (unpaired) electrons. The molecule has 0 bridgehead atoms. The van der Waals surface area contributed by atoms with Crippen LogP contribution in [0.4, 0.5) is 23.3 Å². The van der Waals surface area contributed by atoms with Crippen molar-refractivity contribution in [3.8, 4) is 0 Å². The lowest BCUT2D eigenvalue weighted by Crippen LogP contribution is -2.47. The van der Waals surface area contributed by atoms with Gasteiger partial charge in [-0.05, 0) is 42.8 Å². The van der Waals surface area contributed by atoms with Gasteiger partial charge in [-0.2, -0.15) is 4.98 Å². The zero-order valence-electron chi connectivity index (χ0n) is 15.1. The maximum Gasteiger partial charge on any atom is 0.227 e. The molecular formula is C20H21ClN6. The Labute approximate surface area is 163 Å². The standard InChI is InChI=1S/C20H21ClN6/c1-15-5-6-16(14-17(15)21)24-18-7-9-23-20(25-18)27-12-10-26(11-13-27)19-4-2-3-8-22-19/h2-9,14H,10-13H2,1H3,(H,23,24,25). The highest BCUT2D eigenvalue weighted by Crippen LogP contribution is 2.23. The molecule has 0 atom stereocenters. The van der Waals surface area contributed by atoms with Gasteiger partial charge in [0.25, 0.3) is 0 Å². The molecular weight excluding hydrogens is 360 g/mol. The number of halogens is 1. The number of rotatable bonds is 4. The number of hydrogen-bond acceptors (Lipinski definition) is 6. The van der Waals surface area contributed by atoms with Gasteiger partial charge >= 0.3 is 0 Å². The van der Waals surface area contributed by atoms with Crippen LogP contribution in [0.1, 0.15) is 5.56 Å². The van der Waals surface area contributed by atoms with Gasteiger partial charge in [0.15, 0.2) is 0 Å². The molecule has 0 unspecified atom stereocenters. The summed E-state index contributed by atoms with van der Waals surface area (Å²) >= 11 is 6.21. The molecule has 3 heterocycles. The van der Waals surface area contributed by atoms with Gasteiger partial charge in [-0.3, -0.25) is 0 Å². The summed E-state index contributed by atoms with van der Waals surface area (Å²) in [7, 11) is 0. The predicted octanol–water partition coefficient (Wildman–Crippen LogP) is 3.90. The molecule has 2 aromatic heterocycles. The van der Waals surface area contributed by atoms with E-state index < -0.39 is 0 Å². The molecule has 27 heavy (non-hydrogen) atoms. The molecule has 0 saturated carbocycles. The van der Waals surface area contributed by atoms with Crippen molar-refractivity contribution in [2.24, 2.45) is 0 Å². The highest BCUT2D eigenvalue weighted by atomic mass is 35.5. The Morgan fingerprint density at radius 1 is 0.926 bits per heavy atom. The Morgan fingerprint density at radius 3 is 2.48 bits per heavy atom. The first kappa shape index (κ1) is 17.5. The quantitative estimate of drug-likeness (QED) is 0.740. The number of anilines is 4. The van der Waals surface area contributed by atoms with Crippen LogP contribution in [0.5, 0.6) is 0 Å². The van der Waals surface area contributed by atoms with Crippen LogP contribution in [0, 0.1) is 6.92 Å². The maximum atomic E-state index is 6.21. The number of benzene rings is 1. The highest BCUT2D eigenvalue weighted by molar-refractivity contribution is 6.31. The van der Waals surface area contributed by atoms with Crippen LogP contribution in [0.3, 0.4) is 0 Å². The van der Waals surface area contributed by atoms with E-state index in [9.17, 15) is 0 Å². The van der Waals surface area contributed by atoms with Gasteiger partial charge in [0.05, 0.1) is 0 Å². The molecule has 1 aromatic carbocycles. The molecule has 7 heteroatoms. The SMILES string of the molecule is Cc1ccc(Nc2ccnc(N3CCN(c4ccccn4)CC3)n2)cc1Cl. The monoisotopic (exact) mass is 380 g/mol. The fourth-order valence-corrected chi connectivity index (χ4v) is 3.25. The third-order valence-electron chi connectivity index (χ3n) is 4.62. The molecule has 0 aliphatic carbocycles. The Bertz CT molecular complexity index is 909. The minimum atomic E-state index is 0.735. The first-order chi connectivity index (χ1) is 13.2. The smallest absolute Gasteiger partial charge is 0.227 e. The number of nitrogens with zero attached hydrogens (tertiary/aromatic N) is 5. The first-order valence-electron chi connectivity index (χ1n) is 8.96. The van der Waals surface area contributed by atoms with Crippen LogP contribution in [0.15, 0.2) is 54.9 Å². The summed E-state index contributed by atoms with van der Waals surface area (Å²) in [4.78, 5) is 18.0.